The zero-order valence-corrected chi connectivity index (χ0v) is 9.61. The lowest BCUT2D eigenvalue weighted by molar-refractivity contribution is 0.590. The molecule has 0 spiro atoms. The predicted octanol–water partition coefficient (Wildman–Crippen LogP) is 3.65. The van der Waals surface area contributed by atoms with Crippen LogP contribution < -0.4 is 0 Å². The van der Waals surface area contributed by atoms with Gasteiger partial charge >= 0.3 is 0 Å². The Morgan fingerprint density at radius 3 is 2.67 bits per heavy atom. The van der Waals surface area contributed by atoms with Crippen LogP contribution in [0.1, 0.15) is 26.3 Å². The van der Waals surface area contributed by atoms with Crippen molar-refractivity contribution in [3.05, 3.63) is 28.7 Å². The van der Waals surface area contributed by atoms with Gasteiger partial charge in [0.15, 0.2) is 5.82 Å². The topological polar surface area (TPSA) is 28.7 Å². The average Bonchev–Trinajstić information content (AvgIpc) is 2.57. The van der Waals surface area contributed by atoms with E-state index in [1.54, 1.807) is 6.07 Å². The second kappa shape index (κ2) is 3.20. The fourth-order valence-corrected chi connectivity index (χ4v) is 1.85. The van der Waals surface area contributed by atoms with Gasteiger partial charge in [-0.15, -0.1) is 0 Å². The van der Waals surface area contributed by atoms with Gasteiger partial charge in [-0.2, -0.15) is 5.10 Å². The second-order valence-corrected chi connectivity index (χ2v) is 5.04. The van der Waals surface area contributed by atoms with Crippen molar-refractivity contribution in [3.63, 3.8) is 0 Å². The molecule has 15 heavy (non-hydrogen) atoms. The molecule has 0 saturated heterocycles. The standard InChI is InChI=1S/C11H12ClFN2/c1-11(2,3)7-4-8(12)9(13)6-5-14-15-10(6)7/h4-5H,1-3H3,(H,14,15). The number of hydrogen-bond acceptors (Lipinski definition) is 1. The summed E-state index contributed by atoms with van der Waals surface area (Å²) < 4.78 is 13.6. The molecule has 2 aromatic rings. The molecule has 0 fully saturated rings. The van der Waals surface area contributed by atoms with E-state index in [2.05, 4.69) is 31.0 Å². The molecule has 1 heterocycles. The summed E-state index contributed by atoms with van der Waals surface area (Å²) in [7, 11) is 0. The van der Waals surface area contributed by atoms with Crippen LogP contribution in [0.3, 0.4) is 0 Å². The normalized spacial score (nSPS) is 12.3. The van der Waals surface area contributed by atoms with Crippen LogP contribution in [0.15, 0.2) is 12.3 Å². The third-order valence-electron chi connectivity index (χ3n) is 2.43. The first kappa shape index (κ1) is 10.4. The molecule has 4 heteroatoms. The van der Waals surface area contributed by atoms with E-state index in [1.807, 2.05) is 0 Å². The van der Waals surface area contributed by atoms with Crippen LogP contribution in [-0.2, 0) is 5.41 Å². The van der Waals surface area contributed by atoms with Crippen LogP contribution >= 0.6 is 11.6 Å². The minimum absolute atomic E-state index is 0.0951. The number of nitrogens with zero attached hydrogens (tertiary/aromatic N) is 1. The van der Waals surface area contributed by atoms with Crippen molar-refractivity contribution in [3.8, 4) is 0 Å². The smallest absolute Gasteiger partial charge is 0.152 e. The van der Waals surface area contributed by atoms with Crippen LogP contribution in [0, 0.1) is 5.82 Å². The molecule has 0 aliphatic rings. The number of benzene rings is 1. The number of halogens is 2. The van der Waals surface area contributed by atoms with E-state index in [-0.39, 0.29) is 10.4 Å². The average molecular weight is 227 g/mol. The number of fused-ring (bicyclic) bond motifs is 1. The molecule has 0 amide bonds. The number of nitrogens with one attached hydrogen (secondary N) is 1. The Balaban J connectivity index is 2.86. The molecule has 1 aromatic carbocycles. The molecule has 2 rings (SSSR count). The summed E-state index contributed by atoms with van der Waals surface area (Å²) in [5.74, 6) is -0.409. The van der Waals surface area contributed by atoms with Crippen LogP contribution in [0.4, 0.5) is 4.39 Å². The highest BCUT2D eigenvalue weighted by Crippen LogP contribution is 2.33. The Bertz CT molecular complexity index is 511. The fourth-order valence-electron chi connectivity index (χ4n) is 1.64. The minimum Gasteiger partial charge on any atom is -0.277 e. The van der Waals surface area contributed by atoms with Gasteiger partial charge in [-0.25, -0.2) is 4.39 Å². The molecule has 2 nitrogen and oxygen atoms in total. The van der Waals surface area contributed by atoms with Gasteiger partial charge in [0.1, 0.15) is 0 Å². The summed E-state index contributed by atoms with van der Waals surface area (Å²) in [6.07, 6.45) is 1.46. The number of rotatable bonds is 0. The van der Waals surface area contributed by atoms with Crippen molar-refractivity contribution in [2.75, 3.05) is 0 Å². The SMILES string of the molecule is CC(C)(C)c1cc(Cl)c(F)c2cn[nH]c12. The highest BCUT2D eigenvalue weighted by Gasteiger charge is 2.21. The van der Waals surface area contributed by atoms with Crippen molar-refractivity contribution < 1.29 is 4.39 Å². The van der Waals surface area contributed by atoms with Gasteiger partial charge in [-0.1, -0.05) is 32.4 Å². The quantitative estimate of drug-likeness (QED) is 0.730. The summed E-state index contributed by atoms with van der Waals surface area (Å²) in [6.45, 7) is 6.16. The number of hydrogen-bond donors (Lipinski definition) is 1. The van der Waals surface area contributed by atoms with Gasteiger partial charge in [0.25, 0.3) is 0 Å². The van der Waals surface area contributed by atoms with E-state index in [1.165, 1.54) is 6.20 Å². The lowest BCUT2D eigenvalue weighted by Crippen LogP contribution is -2.12. The highest BCUT2D eigenvalue weighted by molar-refractivity contribution is 6.31. The third-order valence-corrected chi connectivity index (χ3v) is 2.71. The molecule has 0 saturated carbocycles. The van der Waals surface area contributed by atoms with Crippen LogP contribution in [0.5, 0.6) is 0 Å². The molecule has 0 aliphatic heterocycles. The zero-order chi connectivity index (χ0) is 11.2. The maximum absolute atomic E-state index is 13.6. The summed E-state index contributed by atoms with van der Waals surface area (Å²) in [5, 5.41) is 7.27. The molecule has 1 aromatic heterocycles. The predicted molar refractivity (Wildman–Crippen MR) is 59.8 cm³/mol. The van der Waals surface area contributed by atoms with Gasteiger partial charge in [0.05, 0.1) is 22.1 Å². The maximum Gasteiger partial charge on any atom is 0.152 e. The summed E-state index contributed by atoms with van der Waals surface area (Å²) in [5.41, 5.74) is 1.60. The van der Waals surface area contributed by atoms with Gasteiger partial charge < -0.3 is 0 Å². The summed E-state index contributed by atoms with van der Waals surface area (Å²) in [4.78, 5) is 0. The number of H-pyrrole nitrogens is 1. The lowest BCUT2D eigenvalue weighted by Gasteiger charge is -2.20. The number of aromatic nitrogens is 2. The first-order chi connectivity index (χ1) is 6.91. The second-order valence-electron chi connectivity index (χ2n) is 4.63. The van der Waals surface area contributed by atoms with Crippen LogP contribution in [0.2, 0.25) is 5.02 Å². The number of aromatic amines is 1. The molecule has 0 unspecified atom stereocenters. The molecular weight excluding hydrogens is 215 g/mol. The summed E-state index contributed by atoms with van der Waals surface area (Å²) >= 11 is 5.84. The largest absolute Gasteiger partial charge is 0.277 e. The van der Waals surface area contributed by atoms with Gasteiger partial charge in [-0.3, -0.25) is 5.10 Å². The van der Waals surface area contributed by atoms with Crippen molar-refractivity contribution >= 4 is 22.5 Å². The van der Waals surface area contributed by atoms with E-state index >= 15 is 0 Å². The lowest BCUT2D eigenvalue weighted by atomic mass is 9.86. The van der Waals surface area contributed by atoms with Crippen molar-refractivity contribution in [2.45, 2.75) is 26.2 Å². The molecule has 0 aliphatic carbocycles. The van der Waals surface area contributed by atoms with Gasteiger partial charge in [-0.05, 0) is 17.0 Å². The minimum atomic E-state index is -0.409. The maximum atomic E-state index is 13.6. The van der Waals surface area contributed by atoms with E-state index in [4.69, 9.17) is 11.6 Å². The Labute approximate surface area is 92.4 Å². The summed E-state index contributed by atoms with van der Waals surface area (Å²) in [6, 6.07) is 1.66. The van der Waals surface area contributed by atoms with Crippen LogP contribution in [-0.4, -0.2) is 10.2 Å². The Morgan fingerprint density at radius 2 is 2.07 bits per heavy atom. The first-order valence-corrected chi connectivity index (χ1v) is 5.10. The van der Waals surface area contributed by atoms with Crippen molar-refractivity contribution in [2.24, 2.45) is 0 Å². The molecule has 0 radical (unpaired) electrons. The van der Waals surface area contributed by atoms with Crippen molar-refractivity contribution in [1.82, 2.24) is 10.2 Å². The van der Waals surface area contributed by atoms with E-state index in [0.717, 1.165) is 11.1 Å². The monoisotopic (exact) mass is 226 g/mol. The molecule has 0 bridgehead atoms. The third kappa shape index (κ3) is 1.61. The highest BCUT2D eigenvalue weighted by atomic mass is 35.5. The van der Waals surface area contributed by atoms with E-state index < -0.39 is 5.82 Å². The molecule has 0 atom stereocenters. The van der Waals surface area contributed by atoms with E-state index in [0.29, 0.717) is 5.39 Å². The first-order valence-electron chi connectivity index (χ1n) is 4.73. The zero-order valence-electron chi connectivity index (χ0n) is 8.86. The van der Waals surface area contributed by atoms with Crippen LogP contribution in [0.25, 0.3) is 10.9 Å². The Morgan fingerprint density at radius 1 is 1.40 bits per heavy atom. The molecule has 1 N–H and O–H groups in total. The Hall–Kier alpha value is -1.09. The van der Waals surface area contributed by atoms with Crippen molar-refractivity contribution in [1.29, 1.82) is 0 Å². The van der Waals surface area contributed by atoms with Gasteiger partial charge in [0.2, 0.25) is 0 Å². The fraction of sp³-hybridized carbons (Fsp3) is 0.364. The van der Waals surface area contributed by atoms with Gasteiger partial charge in [0, 0.05) is 0 Å². The van der Waals surface area contributed by atoms with E-state index in [9.17, 15) is 4.39 Å². The Kier molecular flexibility index (Phi) is 2.23. The molecular formula is C11H12ClFN2. The molecule has 80 valence electrons.